The first kappa shape index (κ1) is 18.7. The summed E-state index contributed by atoms with van der Waals surface area (Å²) in [5.74, 6) is -1.58. The van der Waals surface area contributed by atoms with Gasteiger partial charge in [-0.2, -0.15) is 13.2 Å². The second kappa shape index (κ2) is 7.68. The van der Waals surface area contributed by atoms with Crippen molar-refractivity contribution < 1.29 is 22.8 Å². The Balaban J connectivity index is 1.61. The van der Waals surface area contributed by atoms with Crippen LogP contribution < -0.4 is 5.32 Å². The predicted octanol–water partition coefficient (Wildman–Crippen LogP) is 3.66. The number of likely N-dealkylation sites (tertiary alicyclic amines) is 1. The number of hydrogen-bond donors (Lipinski definition) is 1. The molecule has 1 saturated carbocycles. The lowest BCUT2D eigenvalue weighted by molar-refractivity contribution is -0.183. The Morgan fingerprint density at radius 1 is 1.23 bits per heavy atom. The third kappa shape index (κ3) is 4.56. The highest BCUT2D eigenvalue weighted by molar-refractivity contribution is 5.94. The first-order valence-electron chi connectivity index (χ1n) is 9.07. The summed E-state index contributed by atoms with van der Waals surface area (Å²) in [6.45, 7) is 1.18. The fourth-order valence-corrected chi connectivity index (χ4v) is 3.79. The fraction of sp³-hybridized carbons (Fsp3) is 0.579. The van der Waals surface area contributed by atoms with Gasteiger partial charge in [0.15, 0.2) is 0 Å². The maximum absolute atomic E-state index is 12.9. The van der Waals surface area contributed by atoms with Gasteiger partial charge in [0, 0.05) is 31.1 Å². The van der Waals surface area contributed by atoms with E-state index in [0.717, 1.165) is 18.5 Å². The molecule has 142 valence electrons. The summed E-state index contributed by atoms with van der Waals surface area (Å²) in [6.07, 6.45) is -1.69. The molecule has 2 atom stereocenters. The maximum Gasteiger partial charge on any atom is 0.391 e. The molecular formula is C19H23F3N2O2. The van der Waals surface area contributed by atoms with E-state index in [0.29, 0.717) is 31.4 Å². The molecule has 1 aromatic carbocycles. The SMILES string of the molecule is O=C(NC1CCCC(C(F)(F)F)C1)c1cccc(CN2CCCC2=O)c1. The molecule has 0 bridgehead atoms. The molecule has 2 fully saturated rings. The third-order valence-corrected chi connectivity index (χ3v) is 5.21. The molecule has 0 aromatic heterocycles. The minimum Gasteiger partial charge on any atom is -0.349 e. The predicted molar refractivity (Wildman–Crippen MR) is 90.4 cm³/mol. The molecule has 1 saturated heterocycles. The van der Waals surface area contributed by atoms with Gasteiger partial charge in [-0.25, -0.2) is 0 Å². The minimum atomic E-state index is -4.20. The molecule has 1 aliphatic carbocycles. The highest BCUT2D eigenvalue weighted by Crippen LogP contribution is 2.37. The Kier molecular flexibility index (Phi) is 5.53. The molecule has 2 unspecified atom stereocenters. The minimum absolute atomic E-state index is 0.0583. The normalized spacial score (nSPS) is 24.0. The average molecular weight is 368 g/mol. The van der Waals surface area contributed by atoms with Crippen LogP contribution >= 0.6 is 0 Å². The van der Waals surface area contributed by atoms with Gasteiger partial charge in [-0.3, -0.25) is 9.59 Å². The van der Waals surface area contributed by atoms with Crippen LogP contribution in [0.3, 0.4) is 0 Å². The summed E-state index contributed by atoms with van der Waals surface area (Å²) in [6, 6.07) is 6.50. The van der Waals surface area contributed by atoms with Gasteiger partial charge < -0.3 is 10.2 Å². The smallest absolute Gasteiger partial charge is 0.349 e. The first-order valence-corrected chi connectivity index (χ1v) is 9.07. The first-order chi connectivity index (χ1) is 12.3. The van der Waals surface area contributed by atoms with Crippen LogP contribution in [-0.2, 0) is 11.3 Å². The van der Waals surface area contributed by atoms with E-state index in [1.165, 1.54) is 0 Å². The zero-order chi connectivity index (χ0) is 18.7. The van der Waals surface area contributed by atoms with Crippen molar-refractivity contribution in [3.8, 4) is 0 Å². The number of nitrogens with one attached hydrogen (secondary N) is 1. The third-order valence-electron chi connectivity index (χ3n) is 5.21. The van der Waals surface area contributed by atoms with Crippen molar-refractivity contribution in [2.75, 3.05) is 6.54 Å². The largest absolute Gasteiger partial charge is 0.391 e. The molecule has 3 rings (SSSR count). The molecule has 1 aromatic rings. The number of carbonyl (C=O) groups is 2. The van der Waals surface area contributed by atoms with Gasteiger partial charge in [0.1, 0.15) is 0 Å². The summed E-state index contributed by atoms with van der Waals surface area (Å²) in [5.41, 5.74) is 1.27. The molecule has 1 aliphatic heterocycles. The van der Waals surface area contributed by atoms with E-state index in [1.54, 1.807) is 23.1 Å². The maximum atomic E-state index is 12.9. The molecule has 1 N–H and O–H groups in total. The van der Waals surface area contributed by atoms with Crippen molar-refractivity contribution in [2.45, 2.75) is 57.3 Å². The Hall–Kier alpha value is -2.05. The monoisotopic (exact) mass is 368 g/mol. The number of amides is 2. The van der Waals surface area contributed by atoms with Crippen molar-refractivity contribution in [1.82, 2.24) is 10.2 Å². The van der Waals surface area contributed by atoms with E-state index < -0.39 is 18.1 Å². The molecule has 2 aliphatic rings. The van der Waals surface area contributed by atoms with Crippen molar-refractivity contribution in [3.63, 3.8) is 0 Å². The molecule has 26 heavy (non-hydrogen) atoms. The summed E-state index contributed by atoms with van der Waals surface area (Å²) in [5, 5.41) is 2.75. The molecule has 1 heterocycles. The number of nitrogens with zero attached hydrogens (tertiary/aromatic N) is 1. The van der Waals surface area contributed by atoms with Crippen LogP contribution in [0.4, 0.5) is 13.2 Å². The lowest BCUT2D eigenvalue weighted by Gasteiger charge is -2.31. The molecule has 4 nitrogen and oxygen atoms in total. The summed E-state index contributed by atoms with van der Waals surface area (Å²) in [7, 11) is 0. The zero-order valence-corrected chi connectivity index (χ0v) is 14.5. The van der Waals surface area contributed by atoms with E-state index in [2.05, 4.69) is 5.32 Å². The standard InChI is InChI=1S/C19H23F3N2O2/c20-19(21,22)15-6-2-7-16(11-15)23-18(26)14-5-1-4-13(10-14)12-24-9-3-8-17(24)25/h1,4-5,10,15-16H,2-3,6-9,11-12H2,(H,23,26). The average Bonchev–Trinajstić information content (AvgIpc) is 2.99. The van der Waals surface area contributed by atoms with Crippen LogP contribution in [0, 0.1) is 5.92 Å². The van der Waals surface area contributed by atoms with Crippen molar-refractivity contribution in [1.29, 1.82) is 0 Å². The second-order valence-electron chi connectivity index (χ2n) is 7.19. The molecule has 0 spiro atoms. The quantitative estimate of drug-likeness (QED) is 0.882. The Labute approximate surface area is 150 Å². The Bertz CT molecular complexity index is 675. The van der Waals surface area contributed by atoms with Gasteiger partial charge in [-0.15, -0.1) is 0 Å². The number of carbonyl (C=O) groups excluding carboxylic acids is 2. The lowest BCUT2D eigenvalue weighted by Crippen LogP contribution is -2.41. The summed E-state index contributed by atoms with van der Waals surface area (Å²) in [4.78, 5) is 25.9. The van der Waals surface area contributed by atoms with Gasteiger partial charge in [-0.1, -0.05) is 18.6 Å². The van der Waals surface area contributed by atoms with Crippen molar-refractivity contribution >= 4 is 11.8 Å². The van der Waals surface area contributed by atoms with Crippen LogP contribution in [0.5, 0.6) is 0 Å². The zero-order valence-electron chi connectivity index (χ0n) is 14.5. The van der Waals surface area contributed by atoms with Crippen LogP contribution in [-0.4, -0.2) is 35.5 Å². The fourth-order valence-electron chi connectivity index (χ4n) is 3.79. The molecule has 7 heteroatoms. The number of alkyl halides is 3. The number of rotatable bonds is 4. The van der Waals surface area contributed by atoms with Gasteiger partial charge in [0.25, 0.3) is 5.91 Å². The van der Waals surface area contributed by atoms with Gasteiger partial charge in [0.2, 0.25) is 5.91 Å². The van der Waals surface area contributed by atoms with Crippen LogP contribution in [0.15, 0.2) is 24.3 Å². The highest BCUT2D eigenvalue weighted by atomic mass is 19.4. The van der Waals surface area contributed by atoms with Gasteiger partial charge >= 0.3 is 6.18 Å². The Morgan fingerprint density at radius 2 is 2.04 bits per heavy atom. The summed E-state index contributed by atoms with van der Waals surface area (Å²) >= 11 is 0. The molecular weight excluding hydrogens is 345 g/mol. The van der Waals surface area contributed by atoms with E-state index in [1.807, 2.05) is 6.07 Å². The van der Waals surface area contributed by atoms with Gasteiger partial charge in [-0.05, 0) is 43.4 Å². The second-order valence-corrected chi connectivity index (χ2v) is 7.19. The van der Waals surface area contributed by atoms with E-state index in [4.69, 9.17) is 0 Å². The summed E-state index contributed by atoms with van der Waals surface area (Å²) < 4.78 is 38.7. The number of benzene rings is 1. The van der Waals surface area contributed by atoms with Crippen LogP contribution in [0.1, 0.15) is 54.4 Å². The topological polar surface area (TPSA) is 49.4 Å². The van der Waals surface area contributed by atoms with E-state index in [-0.39, 0.29) is 24.7 Å². The lowest BCUT2D eigenvalue weighted by atomic mass is 9.85. The van der Waals surface area contributed by atoms with Gasteiger partial charge in [0.05, 0.1) is 5.92 Å². The number of hydrogen-bond acceptors (Lipinski definition) is 2. The molecule has 2 amide bonds. The van der Waals surface area contributed by atoms with Crippen molar-refractivity contribution in [2.24, 2.45) is 5.92 Å². The van der Waals surface area contributed by atoms with Crippen LogP contribution in [0.2, 0.25) is 0 Å². The van der Waals surface area contributed by atoms with E-state index in [9.17, 15) is 22.8 Å². The van der Waals surface area contributed by atoms with Crippen LogP contribution in [0.25, 0.3) is 0 Å². The van der Waals surface area contributed by atoms with Crippen molar-refractivity contribution in [3.05, 3.63) is 35.4 Å². The highest BCUT2D eigenvalue weighted by Gasteiger charge is 2.42. The Morgan fingerprint density at radius 3 is 2.73 bits per heavy atom. The van der Waals surface area contributed by atoms with E-state index >= 15 is 0 Å². The number of halogens is 3. The molecule has 0 radical (unpaired) electrons.